The van der Waals surface area contributed by atoms with E-state index in [1.807, 2.05) is 37.3 Å². The van der Waals surface area contributed by atoms with E-state index in [1.165, 1.54) is 11.3 Å². The standard InChI is InChI=1S/C25H37N5O2/c1-18(2)16-30-20(4)23(19(3)28-30)10-11-24(31)26-22-12-14-29(15-13-22)17-25(32)27-21-8-6-5-7-9-21/h5-9,18,22H,10-17H2,1-4H3,(H,26,31)(H,27,32). The van der Waals surface area contributed by atoms with Crippen LogP contribution in [0.2, 0.25) is 0 Å². The molecule has 0 radical (unpaired) electrons. The summed E-state index contributed by atoms with van der Waals surface area (Å²) in [6.45, 7) is 11.4. The SMILES string of the molecule is Cc1nn(CC(C)C)c(C)c1CCC(=O)NC1CCN(CC(=O)Nc2ccccc2)CC1. The van der Waals surface area contributed by atoms with Crippen molar-refractivity contribution in [1.29, 1.82) is 0 Å². The van der Waals surface area contributed by atoms with Crippen LogP contribution in [0.5, 0.6) is 0 Å². The Morgan fingerprint density at radius 3 is 2.44 bits per heavy atom. The molecule has 0 saturated carbocycles. The third-order valence-corrected chi connectivity index (χ3v) is 6.05. The molecule has 2 aromatic rings. The number of benzene rings is 1. The number of likely N-dealkylation sites (tertiary alicyclic amines) is 1. The van der Waals surface area contributed by atoms with Crippen LogP contribution in [0.25, 0.3) is 0 Å². The van der Waals surface area contributed by atoms with Crippen molar-refractivity contribution >= 4 is 17.5 Å². The van der Waals surface area contributed by atoms with Gasteiger partial charge in [0, 0.05) is 43.5 Å². The van der Waals surface area contributed by atoms with Gasteiger partial charge in [0.25, 0.3) is 0 Å². The highest BCUT2D eigenvalue weighted by molar-refractivity contribution is 5.92. The number of nitrogens with zero attached hydrogens (tertiary/aromatic N) is 3. The Balaban J connectivity index is 1.38. The van der Waals surface area contributed by atoms with Crippen molar-refractivity contribution in [3.8, 4) is 0 Å². The maximum absolute atomic E-state index is 12.5. The summed E-state index contributed by atoms with van der Waals surface area (Å²) in [7, 11) is 0. The molecule has 2 heterocycles. The number of anilines is 1. The Kier molecular flexibility index (Phi) is 8.45. The van der Waals surface area contributed by atoms with Gasteiger partial charge in [0.1, 0.15) is 0 Å². The van der Waals surface area contributed by atoms with Gasteiger partial charge in [-0.1, -0.05) is 32.0 Å². The minimum Gasteiger partial charge on any atom is -0.353 e. The number of nitrogens with one attached hydrogen (secondary N) is 2. The molecule has 2 amide bonds. The number of rotatable bonds is 9. The smallest absolute Gasteiger partial charge is 0.238 e. The number of aromatic nitrogens is 2. The number of amides is 2. The van der Waals surface area contributed by atoms with Gasteiger partial charge in [0.2, 0.25) is 11.8 Å². The molecule has 0 aliphatic carbocycles. The lowest BCUT2D eigenvalue weighted by molar-refractivity contribution is -0.122. The second-order valence-corrected chi connectivity index (χ2v) is 9.26. The average molecular weight is 440 g/mol. The van der Waals surface area contributed by atoms with E-state index < -0.39 is 0 Å². The van der Waals surface area contributed by atoms with E-state index in [4.69, 9.17) is 0 Å². The van der Waals surface area contributed by atoms with E-state index in [0.29, 0.717) is 18.9 Å². The van der Waals surface area contributed by atoms with Crippen molar-refractivity contribution < 1.29 is 9.59 Å². The van der Waals surface area contributed by atoms with Gasteiger partial charge in [-0.2, -0.15) is 5.10 Å². The van der Waals surface area contributed by atoms with Crippen LogP contribution < -0.4 is 10.6 Å². The molecule has 1 aromatic carbocycles. The predicted octanol–water partition coefficient (Wildman–Crippen LogP) is 3.31. The minimum atomic E-state index is 0.00226. The summed E-state index contributed by atoms with van der Waals surface area (Å²) in [5.41, 5.74) is 4.21. The van der Waals surface area contributed by atoms with E-state index in [1.54, 1.807) is 0 Å². The molecule has 7 heteroatoms. The summed E-state index contributed by atoms with van der Waals surface area (Å²) in [6, 6.07) is 9.70. The van der Waals surface area contributed by atoms with Crippen LogP contribution in [0.1, 0.15) is 50.1 Å². The Morgan fingerprint density at radius 1 is 1.09 bits per heavy atom. The van der Waals surface area contributed by atoms with Crippen LogP contribution in [0.3, 0.4) is 0 Å². The summed E-state index contributed by atoms with van der Waals surface area (Å²) in [5, 5.41) is 10.8. The molecule has 1 fully saturated rings. The predicted molar refractivity (Wildman–Crippen MR) is 128 cm³/mol. The maximum Gasteiger partial charge on any atom is 0.238 e. The fourth-order valence-corrected chi connectivity index (χ4v) is 4.32. The largest absolute Gasteiger partial charge is 0.353 e. The number of hydrogen-bond donors (Lipinski definition) is 2. The summed E-state index contributed by atoms with van der Waals surface area (Å²) in [4.78, 5) is 26.9. The molecule has 174 valence electrons. The van der Waals surface area contributed by atoms with Crippen LogP contribution in [0.4, 0.5) is 5.69 Å². The lowest BCUT2D eigenvalue weighted by atomic mass is 10.0. The van der Waals surface area contributed by atoms with Gasteiger partial charge in [-0.05, 0) is 56.7 Å². The quantitative estimate of drug-likeness (QED) is 0.628. The fraction of sp³-hybridized carbons (Fsp3) is 0.560. The molecule has 32 heavy (non-hydrogen) atoms. The molecule has 1 saturated heterocycles. The lowest BCUT2D eigenvalue weighted by Crippen LogP contribution is -2.46. The number of carbonyl (C=O) groups excluding carboxylic acids is 2. The number of hydrogen-bond acceptors (Lipinski definition) is 4. The van der Waals surface area contributed by atoms with Gasteiger partial charge in [-0.25, -0.2) is 0 Å². The number of carbonyl (C=O) groups is 2. The van der Waals surface area contributed by atoms with E-state index in [2.05, 4.69) is 46.1 Å². The van der Waals surface area contributed by atoms with Crippen molar-refractivity contribution in [1.82, 2.24) is 20.0 Å². The van der Waals surface area contributed by atoms with Crippen LogP contribution in [0.15, 0.2) is 30.3 Å². The second kappa shape index (κ2) is 11.3. The summed E-state index contributed by atoms with van der Waals surface area (Å²) in [6.07, 6.45) is 2.94. The van der Waals surface area contributed by atoms with E-state index in [0.717, 1.165) is 50.3 Å². The van der Waals surface area contributed by atoms with Crippen molar-refractivity contribution in [2.45, 2.75) is 66.0 Å². The molecule has 1 aliphatic rings. The first kappa shape index (κ1) is 24.0. The third-order valence-electron chi connectivity index (χ3n) is 6.05. The molecule has 0 atom stereocenters. The molecular formula is C25H37N5O2. The highest BCUT2D eigenvalue weighted by Crippen LogP contribution is 2.17. The maximum atomic E-state index is 12.5. The van der Waals surface area contributed by atoms with Crippen molar-refractivity contribution in [3.05, 3.63) is 47.3 Å². The summed E-state index contributed by atoms with van der Waals surface area (Å²) in [5.74, 6) is 0.641. The Hall–Kier alpha value is -2.67. The van der Waals surface area contributed by atoms with Crippen LogP contribution in [-0.2, 0) is 22.6 Å². The molecular weight excluding hydrogens is 402 g/mol. The molecule has 1 aromatic heterocycles. The minimum absolute atomic E-state index is 0.00226. The first-order valence-corrected chi connectivity index (χ1v) is 11.7. The van der Waals surface area contributed by atoms with Gasteiger partial charge >= 0.3 is 0 Å². The number of aryl methyl sites for hydroxylation is 1. The topological polar surface area (TPSA) is 79.3 Å². The second-order valence-electron chi connectivity index (χ2n) is 9.26. The normalized spacial score (nSPS) is 15.2. The molecule has 0 unspecified atom stereocenters. The zero-order valence-corrected chi connectivity index (χ0v) is 19.9. The number of para-hydroxylation sites is 1. The molecule has 0 bridgehead atoms. The summed E-state index contributed by atoms with van der Waals surface area (Å²) >= 11 is 0. The van der Waals surface area contributed by atoms with Gasteiger partial charge in [-0.15, -0.1) is 0 Å². The van der Waals surface area contributed by atoms with Gasteiger partial charge in [0.15, 0.2) is 0 Å². The van der Waals surface area contributed by atoms with E-state index >= 15 is 0 Å². The zero-order chi connectivity index (χ0) is 23.1. The third kappa shape index (κ3) is 6.92. The zero-order valence-electron chi connectivity index (χ0n) is 19.9. The van der Waals surface area contributed by atoms with Gasteiger partial charge < -0.3 is 10.6 Å². The molecule has 2 N–H and O–H groups in total. The van der Waals surface area contributed by atoms with E-state index in [-0.39, 0.29) is 17.9 Å². The lowest BCUT2D eigenvalue weighted by Gasteiger charge is -2.31. The van der Waals surface area contributed by atoms with Gasteiger partial charge in [-0.3, -0.25) is 19.2 Å². The molecule has 3 rings (SSSR count). The Morgan fingerprint density at radius 2 is 1.78 bits per heavy atom. The van der Waals surface area contributed by atoms with Gasteiger partial charge in [0.05, 0.1) is 12.2 Å². The number of piperidine rings is 1. The highest BCUT2D eigenvalue weighted by Gasteiger charge is 2.22. The van der Waals surface area contributed by atoms with E-state index in [9.17, 15) is 9.59 Å². The monoisotopic (exact) mass is 439 g/mol. The van der Waals surface area contributed by atoms with Crippen LogP contribution >= 0.6 is 0 Å². The first-order valence-electron chi connectivity index (χ1n) is 11.7. The Bertz CT molecular complexity index is 899. The van der Waals surface area contributed by atoms with Crippen molar-refractivity contribution in [2.75, 3.05) is 25.0 Å². The Labute approximate surface area is 191 Å². The summed E-state index contributed by atoms with van der Waals surface area (Å²) < 4.78 is 2.07. The highest BCUT2D eigenvalue weighted by atomic mass is 16.2. The average Bonchev–Trinajstić information content (AvgIpc) is 3.00. The molecule has 0 spiro atoms. The molecule has 7 nitrogen and oxygen atoms in total. The molecule has 1 aliphatic heterocycles. The van der Waals surface area contributed by atoms with Crippen LogP contribution in [0, 0.1) is 19.8 Å². The first-order chi connectivity index (χ1) is 15.3. The van der Waals surface area contributed by atoms with Crippen molar-refractivity contribution in [2.24, 2.45) is 5.92 Å². The van der Waals surface area contributed by atoms with Crippen LogP contribution in [-0.4, -0.2) is 52.2 Å². The van der Waals surface area contributed by atoms with Crippen molar-refractivity contribution in [3.63, 3.8) is 0 Å². The fourth-order valence-electron chi connectivity index (χ4n) is 4.32.